The van der Waals surface area contributed by atoms with Crippen LogP contribution >= 0.6 is 0 Å². The summed E-state index contributed by atoms with van der Waals surface area (Å²) in [4.78, 5) is 11.9. The van der Waals surface area contributed by atoms with E-state index in [-0.39, 0.29) is 11.7 Å². The van der Waals surface area contributed by atoms with Gasteiger partial charge in [0.1, 0.15) is 0 Å². The Morgan fingerprint density at radius 1 is 1.12 bits per heavy atom. The maximum Gasteiger partial charge on any atom is 0.416 e. The molecule has 6 nitrogen and oxygen atoms in total. The molecule has 1 aliphatic rings. The molecule has 0 radical (unpaired) electrons. The molecule has 2 heterocycles. The van der Waals surface area contributed by atoms with Gasteiger partial charge in [-0.25, -0.2) is 4.79 Å². The first-order valence-corrected chi connectivity index (χ1v) is 7.79. The maximum absolute atomic E-state index is 12.5. The van der Waals surface area contributed by atoms with Gasteiger partial charge in [0.2, 0.25) is 0 Å². The van der Waals surface area contributed by atoms with Crippen LogP contribution in [-0.4, -0.2) is 29.0 Å². The Morgan fingerprint density at radius 2 is 1.76 bits per heavy atom. The topological polar surface area (TPSA) is 68.2 Å². The Kier molecular flexibility index (Phi) is 4.93. The Morgan fingerprint density at radius 3 is 2.40 bits per heavy atom. The highest BCUT2D eigenvalue weighted by Crippen LogP contribution is 2.29. The minimum atomic E-state index is -4.40. The number of nitrogens with one attached hydrogen (secondary N) is 2. The molecule has 0 bridgehead atoms. The number of rotatable bonds is 3. The number of carbonyl (C=O) groups excluding carboxylic acids is 1. The fourth-order valence-corrected chi connectivity index (χ4v) is 2.59. The summed E-state index contributed by atoms with van der Waals surface area (Å²) in [7, 11) is 0. The fourth-order valence-electron chi connectivity index (χ4n) is 2.59. The molecule has 1 aromatic carbocycles. The van der Waals surface area contributed by atoms with E-state index in [2.05, 4.69) is 15.7 Å². The first kappa shape index (κ1) is 17.3. The Hall–Kier alpha value is -2.55. The number of nitrogens with zero attached hydrogens (tertiary/aromatic N) is 2. The normalized spacial score (nSPS) is 15.8. The summed E-state index contributed by atoms with van der Waals surface area (Å²) >= 11 is 0. The third kappa shape index (κ3) is 4.50. The van der Waals surface area contributed by atoms with Gasteiger partial charge in [-0.1, -0.05) is 0 Å². The number of benzene rings is 1. The Labute approximate surface area is 142 Å². The van der Waals surface area contributed by atoms with Crippen LogP contribution in [0.3, 0.4) is 0 Å². The molecule has 3 rings (SSSR count). The molecular formula is C16H17F3N4O2. The van der Waals surface area contributed by atoms with Crippen LogP contribution in [0.2, 0.25) is 0 Å². The smallest absolute Gasteiger partial charge is 0.381 e. The average molecular weight is 354 g/mol. The number of ether oxygens (including phenoxy) is 1. The van der Waals surface area contributed by atoms with Gasteiger partial charge < -0.3 is 15.4 Å². The van der Waals surface area contributed by atoms with Gasteiger partial charge in [-0.05, 0) is 37.1 Å². The number of carbonyl (C=O) groups is 1. The molecule has 0 aliphatic carbocycles. The van der Waals surface area contributed by atoms with Crippen molar-refractivity contribution in [2.24, 2.45) is 0 Å². The van der Waals surface area contributed by atoms with Crippen LogP contribution in [0.25, 0.3) is 0 Å². The number of urea groups is 1. The van der Waals surface area contributed by atoms with E-state index in [1.165, 1.54) is 18.3 Å². The summed E-state index contributed by atoms with van der Waals surface area (Å²) in [6, 6.07) is 3.92. The number of amides is 2. The minimum Gasteiger partial charge on any atom is -0.381 e. The van der Waals surface area contributed by atoms with E-state index in [1.54, 1.807) is 10.9 Å². The van der Waals surface area contributed by atoms with Gasteiger partial charge in [0.25, 0.3) is 0 Å². The zero-order valence-corrected chi connectivity index (χ0v) is 13.2. The number of aromatic nitrogens is 2. The van der Waals surface area contributed by atoms with Crippen molar-refractivity contribution in [2.45, 2.75) is 25.1 Å². The first-order chi connectivity index (χ1) is 11.9. The van der Waals surface area contributed by atoms with Gasteiger partial charge in [0.05, 0.1) is 23.5 Å². The van der Waals surface area contributed by atoms with Crippen molar-refractivity contribution in [1.29, 1.82) is 0 Å². The number of halogens is 3. The van der Waals surface area contributed by atoms with Crippen molar-refractivity contribution in [3.8, 4) is 0 Å². The summed E-state index contributed by atoms with van der Waals surface area (Å²) in [5, 5.41) is 9.32. The van der Waals surface area contributed by atoms with Crippen LogP contribution in [-0.2, 0) is 10.9 Å². The predicted octanol–water partition coefficient (Wildman–Crippen LogP) is 3.90. The lowest BCUT2D eigenvalue weighted by molar-refractivity contribution is -0.137. The fraction of sp³-hybridized carbons (Fsp3) is 0.375. The lowest BCUT2D eigenvalue weighted by Crippen LogP contribution is -2.20. The molecule has 0 saturated carbocycles. The second-order valence-corrected chi connectivity index (χ2v) is 5.71. The van der Waals surface area contributed by atoms with Crippen molar-refractivity contribution in [3.05, 3.63) is 42.2 Å². The molecular weight excluding hydrogens is 337 g/mol. The highest BCUT2D eigenvalue weighted by molar-refractivity contribution is 5.99. The average Bonchev–Trinajstić information content (AvgIpc) is 3.03. The monoisotopic (exact) mass is 354 g/mol. The van der Waals surface area contributed by atoms with Crippen LogP contribution in [0, 0.1) is 0 Å². The van der Waals surface area contributed by atoms with E-state index < -0.39 is 17.8 Å². The van der Waals surface area contributed by atoms with Gasteiger partial charge in [0, 0.05) is 25.1 Å². The van der Waals surface area contributed by atoms with Crippen LogP contribution in [0.1, 0.15) is 24.4 Å². The number of anilines is 2. The second kappa shape index (κ2) is 7.14. The molecule has 2 amide bonds. The van der Waals surface area contributed by atoms with E-state index >= 15 is 0 Å². The van der Waals surface area contributed by atoms with Gasteiger partial charge in [-0.3, -0.25) is 4.68 Å². The van der Waals surface area contributed by atoms with Crippen molar-refractivity contribution in [3.63, 3.8) is 0 Å². The summed E-state index contributed by atoms with van der Waals surface area (Å²) < 4.78 is 44.6. The van der Waals surface area contributed by atoms with Crippen molar-refractivity contribution < 1.29 is 22.7 Å². The molecule has 2 aromatic rings. The zero-order chi connectivity index (χ0) is 17.9. The third-order valence-electron chi connectivity index (χ3n) is 3.89. The predicted molar refractivity (Wildman–Crippen MR) is 85.4 cm³/mol. The van der Waals surface area contributed by atoms with Gasteiger partial charge >= 0.3 is 12.2 Å². The molecule has 2 N–H and O–H groups in total. The van der Waals surface area contributed by atoms with E-state index in [0.717, 1.165) is 25.0 Å². The van der Waals surface area contributed by atoms with Gasteiger partial charge in [-0.15, -0.1) is 0 Å². The molecule has 1 aliphatic heterocycles. The van der Waals surface area contributed by atoms with E-state index in [0.29, 0.717) is 18.9 Å². The van der Waals surface area contributed by atoms with E-state index in [4.69, 9.17) is 4.74 Å². The number of hydrogen-bond donors (Lipinski definition) is 2. The third-order valence-corrected chi connectivity index (χ3v) is 3.89. The molecule has 25 heavy (non-hydrogen) atoms. The van der Waals surface area contributed by atoms with E-state index in [1.807, 2.05) is 0 Å². The second-order valence-electron chi connectivity index (χ2n) is 5.71. The van der Waals surface area contributed by atoms with Crippen molar-refractivity contribution in [1.82, 2.24) is 9.78 Å². The quantitative estimate of drug-likeness (QED) is 0.878. The van der Waals surface area contributed by atoms with Crippen molar-refractivity contribution >= 4 is 17.4 Å². The maximum atomic E-state index is 12.5. The summed E-state index contributed by atoms with van der Waals surface area (Å²) in [6.45, 7) is 1.36. The zero-order valence-electron chi connectivity index (χ0n) is 13.2. The molecule has 1 fully saturated rings. The summed E-state index contributed by atoms with van der Waals surface area (Å²) in [6.07, 6.45) is 0.571. The Balaban J connectivity index is 1.56. The van der Waals surface area contributed by atoms with E-state index in [9.17, 15) is 18.0 Å². The molecule has 0 unspecified atom stereocenters. The minimum absolute atomic E-state index is 0.238. The van der Waals surface area contributed by atoms with Gasteiger partial charge in [0.15, 0.2) is 0 Å². The molecule has 1 saturated heterocycles. The largest absolute Gasteiger partial charge is 0.416 e. The summed E-state index contributed by atoms with van der Waals surface area (Å²) in [5.41, 5.74) is 0.00872. The van der Waals surface area contributed by atoms with Crippen LogP contribution in [0.5, 0.6) is 0 Å². The molecule has 134 valence electrons. The lowest BCUT2D eigenvalue weighted by Gasteiger charge is -2.22. The van der Waals surface area contributed by atoms with Crippen LogP contribution in [0.4, 0.5) is 29.3 Å². The molecule has 0 atom stereocenters. The first-order valence-electron chi connectivity index (χ1n) is 7.79. The highest BCUT2D eigenvalue weighted by Gasteiger charge is 2.30. The molecule has 0 spiro atoms. The van der Waals surface area contributed by atoms with Gasteiger partial charge in [-0.2, -0.15) is 18.3 Å². The highest BCUT2D eigenvalue weighted by atomic mass is 19.4. The standard InChI is InChI=1S/C16H17F3N4O2/c17-16(18,19)11-1-3-12(4-2-11)21-15(24)22-13-9-20-23(10-13)14-5-7-25-8-6-14/h1-4,9-10,14H,5-8H2,(H2,21,22,24). The molecule has 1 aromatic heterocycles. The Bertz CT molecular complexity index is 722. The molecule has 9 heteroatoms. The number of hydrogen-bond acceptors (Lipinski definition) is 3. The van der Waals surface area contributed by atoms with Crippen LogP contribution < -0.4 is 10.6 Å². The SMILES string of the molecule is O=C(Nc1ccc(C(F)(F)F)cc1)Nc1cnn(C2CCOCC2)c1. The van der Waals surface area contributed by atoms with Crippen molar-refractivity contribution in [2.75, 3.05) is 23.8 Å². The van der Waals surface area contributed by atoms with Crippen LogP contribution in [0.15, 0.2) is 36.7 Å². The lowest BCUT2D eigenvalue weighted by atomic mass is 10.1. The number of alkyl halides is 3. The summed E-state index contributed by atoms with van der Waals surface area (Å²) in [5.74, 6) is 0.